The van der Waals surface area contributed by atoms with Crippen LogP contribution in [0.2, 0.25) is 0 Å². The van der Waals surface area contributed by atoms with Gasteiger partial charge in [0.2, 0.25) is 0 Å². The van der Waals surface area contributed by atoms with Crippen molar-refractivity contribution in [3.05, 3.63) is 36.2 Å². The lowest BCUT2D eigenvalue weighted by Crippen LogP contribution is -1.98. The highest BCUT2D eigenvalue weighted by molar-refractivity contribution is 7.98. The van der Waals surface area contributed by atoms with Crippen molar-refractivity contribution in [2.75, 3.05) is 12.2 Å². The Labute approximate surface area is 87.2 Å². The van der Waals surface area contributed by atoms with Crippen molar-refractivity contribution in [3.8, 4) is 0 Å². The van der Waals surface area contributed by atoms with Gasteiger partial charge in [0.25, 0.3) is 0 Å². The summed E-state index contributed by atoms with van der Waals surface area (Å²) in [6.45, 7) is 0. The maximum Gasteiger partial charge on any atom is 0.331 e. The Bertz CT molecular complexity index is 311. The molecule has 3 nitrogen and oxygen atoms in total. The van der Waals surface area contributed by atoms with Gasteiger partial charge in [-0.05, 0) is 24.5 Å². The van der Waals surface area contributed by atoms with Gasteiger partial charge in [-0.25, -0.2) is 4.79 Å². The predicted octanol–water partition coefficient (Wildman–Crippen LogP) is 1.96. The van der Waals surface area contributed by atoms with Crippen LogP contribution in [-0.2, 0) is 9.53 Å². The molecule has 1 rings (SSSR count). The highest BCUT2D eigenvalue weighted by Gasteiger charge is 1.94. The summed E-state index contributed by atoms with van der Waals surface area (Å²) in [5, 5.41) is 0. The third-order valence-corrected chi connectivity index (χ3v) is 1.75. The average molecular weight is 209 g/mol. The summed E-state index contributed by atoms with van der Waals surface area (Å²) in [6, 6.07) is 5.50. The summed E-state index contributed by atoms with van der Waals surface area (Å²) < 4.78 is 4.82. The van der Waals surface area contributed by atoms with Crippen LogP contribution in [0.1, 0.15) is 5.69 Å². The van der Waals surface area contributed by atoms with E-state index in [0.717, 1.165) is 5.69 Å². The highest BCUT2D eigenvalue weighted by Crippen LogP contribution is 1.98. The molecule has 0 aliphatic rings. The molecule has 1 aromatic rings. The van der Waals surface area contributed by atoms with Crippen molar-refractivity contribution in [3.63, 3.8) is 0 Å². The second kappa shape index (κ2) is 6.21. The molecule has 0 bridgehead atoms. The SMILES string of the molecule is CSCOC(=O)C=Cc1ccccn1. The number of pyridine rings is 1. The van der Waals surface area contributed by atoms with Crippen LogP contribution in [0.25, 0.3) is 6.08 Å². The number of hydrogen-bond acceptors (Lipinski definition) is 4. The molecule has 0 saturated heterocycles. The van der Waals surface area contributed by atoms with Crippen LogP contribution < -0.4 is 0 Å². The Morgan fingerprint density at radius 3 is 3.14 bits per heavy atom. The van der Waals surface area contributed by atoms with Crippen LogP contribution in [-0.4, -0.2) is 23.1 Å². The van der Waals surface area contributed by atoms with Gasteiger partial charge in [-0.2, -0.15) is 0 Å². The lowest BCUT2D eigenvalue weighted by Gasteiger charge is -1.96. The third kappa shape index (κ3) is 4.09. The van der Waals surface area contributed by atoms with Crippen molar-refractivity contribution in [1.82, 2.24) is 4.98 Å². The summed E-state index contributed by atoms with van der Waals surface area (Å²) >= 11 is 1.46. The number of nitrogens with zero attached hydrogens (tertiary/aromatic N) is 1. The molecule has 0 spiro atoms. The average Bonchev–Trinajstić information content (AvgIpc) is 2.25. The molecule has 74 valence electrons. The van der Waals surface area contributed by atoms with E-state index in [1.54, 1.807) is 12.3 Å². The smallest absolute Gasteiger partial charge is 0.331 e. The van der Waals surface area contributed by atoms with Gasteiger partial charge in [0.05, 0.1) is 5.69 Å². The number of thioether (sulfide) groups is 1. The molecule has 0 aliphatic heterocycles. The monoisotopic (exact) mass is 209 g/mol. The largest absolute Gasteiger partial charge is 0.451 e. The number of rotatable bonds is 4. The lowest BCUT2D eigenvalue weighted by molar-refractivity contribution is -0.135. The third-order valence-electron chi connectivity index (χ3n) is 1.40. The van der Waals surface area contributed by atoms with E-state index in [1.807, 2.05) is 24.5 Å². The number of carbonyl (C=O) groups excluding carboxylic acids is 1. The predicted molar refractivity (Wildman–Crippen MR) is 57.7 cm³/mol. The van der Waals surface area contributed by atoms with Crippen LogP contribution in [0.5, 0.6) is 0 Å². The van der Waals surface area contributed by atoms with Gasteiger partial charge in [0.1, 0.15) is 5.94 Å². The second-order valence-electron chi connectivity index (χ2n) is 2.46. The Balaban J connectivity index is 2.44. The fraction of sp³-hybridized carbons (Fsp3) is 0.200. The number of aromatic nitrogens is 1. The van der Waals surface area contributed by atoms with Crippen molar-refractivity contribution in [2.45, 2.75) is 0 Å². The Kier molecular flexibility index (Phi) is 4.78. The molecule has 0 saturated carbocycles. The molecule has 0 amide bonds. The maximum atomic E-state index is 11.0. The van der Waals surface area contributed by atoms with E-state index < -0.39 is 0 Å². The zero-order chi connectivity index (χ0) is 10.2. The first-order chi connectivity index (χ1) is 6.83. The Morgan fingerprint density at radius 2 is 2.50 bits per heavy atom. The highest BCUT2D eigenvalue weighted by atomic mass is 32.2. The van der Waals surface area contributed by atoms with E-state index in [0.29, 0.717) is 5.94 Å². The van der Waals surface area contributed by atoms with Crippen LogP contribution >= 0.6 is 11.8 Å². The minimum Gasteiger partial charge on any atom is -0.451 e. The molecule has 0 fully saturated rings. The Hall–Kier alpha value is -1.29. The minimum atomic E-state index is -0.343. The first kappa shape index (κ1) is 10.8. The van der Waals surface area contributed by atoms with Crippen molar-refractivity contribution < 1.29 is 9.53 Å². The second-order valence-corrected chi connectivity index (χ2v) is 3.27. The molecule has 0 aliphatic carbocycles. The number of ether oxygens (including phenoxy) is 1. The van der Waals surface area contributed by atoms with Crippen molar-refractivity contribution in [2.24, 2.45) is 0 Å². The molecule has 0 aromatic carbocycles. The van der Waals surface area contributed by atoms with Crippen molar-refractivity contribution >= 4 is 23.8 Å². The summed E-state index contributed by atoms with van der Waals surface area (Å²) in [5.41, 5.74) is 0.744. The summed E-state index contributed by atoms with van der Waals surface area (Å²) in [5.74, 6) is 0.0378. The van der Waals surface area contributed by atoms with E-state index in [1.165, 1.54) is 17.8 Å². The molecule has 14 heavy (non-hydrogen) atoms. The van der Waals surface area contributed by atoms with Gasteiger partial charge in [0.15, 0.2) is 0 Å². The van der Waals surface area contributed by atoms with Gasteiger partial charge < -0.3 is 4.74 Å². The van der Waals surface area contributed by atoms with Gasteiger partial charge in [-0.3, -0.25) is 4.98 Å². The molecule has 0 atom stereocenters. The first-order valence-corrected chi connectivity index (χ1v) is 5.47. The molecular formula is C10H11NO2S. The first-order valence-electron chi connectivity index (χ1n) is 4.08. The van der Waals surface area contributed by atoms with Crippen molar-refractivity contribution in [1.29, 1.82) is 0 Å². The lowest BCUT2D eigenvalue weighted by atomic mass is 10.3. The molecule has 0 N–H and O–H groups in total. The molecule has 0 radical (unpaired) electrons. The van der Waals surface area contributed by atoms with Gasteiger partial charge >= 0.3 is 5.97 Å². The normalized spacial score (nSPS) is 10.4. The molecule has 4 heteroatoms. The van der Waals surface area contributed by atoms with E-state index in [2.05, 4.69) is 4.98 Å². The van der Waals surface area contributed by atoms with E-state index in [-0.39, 0.29) is 5.97 Å². The number of hydrogen-bond donors (Lipinski definition) is 0. The van der Waals surface area contributed by atoms with Crippen LogP contribution in [0.3, 0.4) is 0 Å². The summed E-state index contributed by atoms with van der Waals surface area (Å²) in [4.78, 5) is 15.1. The fourth-order valence-electron chi connectivity index (χ4n) is 0.793. The van der Waals surface area contributed by atoms with E-state index >= 15 is 0 Å². The number of carbonyl (C=O) groups is 1. The zero-order valence-corrected chi connectivity index (χ0v) is 8.66. The fourth-order valence-corrected chi connectivity index (χ4v) is 1.03. The quantitative estimate of drug-likeness (QED) is 0.431. The molecule has 0 unspecified atom stereocenters. The Morgan fingerprint density at radius 1 is 1.64 bits per heavy atom. The van der Waals surface area contributed by atoms with Gasteiger partial charge in [-0.15, -0.1) is 11.8 Å². The van der Waals surface area contributed by atoms with Gasteiger partial charge in [0, 0.05) is 12.3 Å². The minimum absolute atomic E-state index is 0.343. The van der Waals surface area contributed by atoms with Crippen LogP contribution in [0, 0.1) is 0 Å². The summed E-state index contributed by atoms with van der Waals surface area (Å²) in [6.07, 6.45) is 6.55. The molecular weight excluding hydrogens is 198 g/mol. The van der Waals surface area contributed by atoms with Gasteiger partial charge in [-0.1, -0.05) is 6.07 Å². The van der Waals surface area contributed by atoms with Crippen LogP contribution in [0.4, 0.5) is 0 Å². The maximum absolute atomic E-state index is 11.0. The van der Waals surface area contributed by atoms with E-state index in [4.69, 9.17) is 4.74 Å². The molecule has 1 heterocycles. The summed E-state index contributed by atoms with van der Waals surface area (Å²) in [7, 11) is 0. The molecule has 1 aromatic heterocycles. The topological polar surface area (TPSA) is 39.2 Å². The standard InChI is InChI=1S/C10H11NO2S/c1-14-8-13-10(12)6-5-9-4-2-3-7-11-9/h2-7H,8H2,1H3. The number of esters is 1. The van der Waals surface area contributed by atoms with E-state index in [9.17, 15) is 4.79 Å². The van der Waals surface area contributed by atoms with Crippen LogP contribution in [0.15, 0.2) is 30.5 Å². The zero-order valence-electron chi connectivity index (χ0n) is 7.84.